The van der Waals surface area contributed by atoms with Crippen LogP contribution in [0.1, 0.15) is 11.1 Å². The predicted octanol–water partition coefficient (Wildman–Crippen LogP) is 3.30. The Balaban J connectivity index is 2.63. The predicted molar refractivity (Wildman–Crippen MR) is 67.1 cm³/mol. The van der Waals surface area contributed by atoms with Gasteiger partial charge in [0.1, 0.15) is 29.0 Å². The van der Waals surface area contributed by atoms with Crippen LogP contribution in [0, 0.1) is 40.1 Å². The first-order valence-electron chi connectivity index (χ1n) is 5.56. The zero-order valence-electron chi connectivity index (χ0n) is 10.3. The van der Waals surface area contributed by atoms with Gasteiger partial charge < -0.3 is 10.4 Å². The Bertz CT molecular complexity index is 789. The minimum Gasteiger partial charge on any atom is -0.508 e. The number of anilines is 2. The van der Waals surface area contributed by atoms with Crippen LogP contribution in [0.4, 0.5) is 24.5 Å². The van der Waals surface area contributed by atoms with E-state index < -0.39 is 34.3 Å². The number of hydrogen-bond acceptors (Lipinski definition) is 4. The molecule has 2 N–H and O–H groups in total. The number of phenolic OH excluding ortho intramolecular Hbond substituents is 1. The minimum atomic E-state index is -1.71. The second-order valence-corrected chi connectivity index (χ2v) is 3.96. The molecule has 0 saturated heterocycles. The van der Waals surface area contributed by atoms with Crippen molar-refractivity contribution in [2.45, 2.75) is 0 Å². The molecule has 0 saturated carbocycles. The van der Waals surface area contributed by atoms with Gasteiger partial charge in [0.15, 0.2) is 17.5 Å². The average molecular weight is 289 g/mol. The molecule has 0 aliphatic rings. The van der Waals surface area contributed by atoms with Crippen LogP contribution in [0.5, 0.6) is 5.75 Å². The van der Waals surface area contributed by atoms with Crippen molar-refractivity contribution in [3.63, 3.8) is 0 Å². The summed E-state index contributed by atoms with van der Waals surface area (Å²) in [6.07, 6.45) is 0. The summed E-state index contributed by atoms with van der Waals surface area (Å²) in [5.74, 6) is -4.72. The van der Waals surface area contributed by atoms with Crippen LogP contribution in [0.25, 0.3) is 0 Å². The molecule has 0 unspecified atom stereocenters. The Morgan fingerprint density at radius 1 is 0.857 bits per heavy atom. The molecule has 2 aromatic rings. The Kier molecular flexibility index (Phi) is 3.68. The monoisotopic (exact) mass is 289 g/mol. The first-order valence-corrected chi connectivity index (χ1v) is 5.56. The number of halogens is 3. The molecular weight excluding hydrogens is 283 g/mol. The van der Waals surface area contributed by atoms with Crippen molar-refractivity contribution in [2.75, 3.05) is 5.32 Å². The normalized spacial score (nSPS) is 9.76. The molecule has 0 fully saturated rings. The van der Waals surface area contributed by atoms with Crippen molar-refractivity contribution in [1.82, 2.24) is 0 Å². The molecule has 0 radical (unpaired) electrons. The lowest BCUT2D eigenvalue weighted by molar-refractivity contribution is 0.475. The van der Waals surface area contributed by atoms with E-state index >= 15 is 0 Å². The molecule has 0 heterocycles. The Hall–Kier alpha value is -3.19. The average Bonchev–Trinajstić information content (AvgIpc) is 2.48. The summed E-state index contributed by atoms with van der Waals surface area (Å²) in [5.41, 5.74) is -2.42. The number of aromatic hydroxyl groups is 1. The summed E-state index contributed by atoms with van der Waals surface area (Å²) in [5, 5.41) is 29.1. The third-order valence-corrected chi connectivity index (χ3v) is 2.68. The highest BCUT2D eigenvalue weighted by molar-refractivity contribution is 5.70. The summed E-state index contributed by atoms with van der Waals surface area (Å²) < 4.78 is 41.1. The summed E-state index contributed by atoms with van der Waals surface area (Å²) in [6, 6.07) is 7.79. The highest BCUT2D eigenvalue weighted by Gasteiger charge is 2.25. The van der Waals surface area contributed by atoms with Gasteiger partial charge in [-0.2, -0.15) is 10.5 Å². The number of rotatable bonds is 2. The standard InChI is InChI=1S/C14H6F3N3O/c15-11-9(5-18)13(17)14(10(6-19)12(11)16)20-7-1-3-8(21)4-2-7/h1-4,20-21H. The zero-order chi connectivity index (χ0) is 15.6. The van der Waals surface area contributed by atoms with Gasteiger partial charge in [-0.25, -0.2) is 13.2 Å². The van der Waals surface area contributed by atoms with E-state index in [-0.39, 0.29) is 11.4 Å². The first-order chi connectivity index (χ1) is 9.99. The second kappa shape index (κ2) is 5.43. The van der Waals surface area contributed by atoms with Crippen molar-refractivity contribution in [3.05, 3.63) is 52.8 Å². The van der Waals surface area contributed by atoms with Gasteiger partial charge in [-0.1, -0.05) is 0 Å². The molecule has 0 aromatic heterocycles. The number of nitrogens with zero attached hydrogens (tertiary/aromatic N) is 2. The van der Waals surface area contributed by atoms with E-state index in [1.165, 1.54) is 36.4 Å². The third-order valence-electron chi connectivity index (χ3n) is 2.68. The molecule has 0 spiro atoms. The van der Waals surface area contributed by atoms with Gasteiger partial charge in [0.25, 0.3) is 0 Å². The summed E-state index contributed by atoms with van der Waals surface area (Å²) >= 11 is 0. The molecule has 0 bridgehead atoms. The van der Waals surface area contributed by atoms with Crippen molar-refractivity contribution < 1.29 is 18.3 Å². The molecular formula is C14H6F3N3O. The van der Waals surface area contributed by atoms with Gasteiger partial charge in [-0.15, -0.1) is 0 Å². The van der Waals surface area contributed by atoms with Gasteiger partial charge in [0.05, 0.1) is 5.69 Å². The molecule has 21 heavy (non-hydrogen) atoms. The van der Waals surface area contributed by atoms with Gasteiger partial charge in [0, 0.05) is 5.69 Å². The quantitative estimate of drug-likeness (QED) is 0.656. The van der Waals surface area contributed by atoms with Crippen LogP contribution in [-0.2, 0) is 0 Å². The summed E-state index contributed by atoms with van der Waals surface area (Å²) in [7, 11) is 0. The molecule has 104 valence electrons. The topological polar surface area (TPSA) is 79.8 Å². The van der Waals surface area contributed by atoms with Crippen molar-refractivity contribution in [2.24, 2.45) is 0 Å². The highest BCUT2D eigenvalue weighted by atomic mass is 19.2. The van der Waals surface area contributed by atoms with Gasteiger partial charge >= 0.3 is 0 Å². The molecule has 2 aromatic carbocycles. The molecule has 0 aliphatic heterocycles. The van der Waals surface area contributed by atoms with Crippen LogP contribution in [-0.4, -0.2) is 5.11 Å². The van der Waals surface area contributed by atoms with Crippen LogP contribution >= 0.6 is 0 Å². The van der Waals surface area contributed by atoms with Crippen molar-refractivity contribution >= 4 is 11.4 Å². The van der Waals surface area contributed by atoms with E-state index in [4.69, 9.17) is 15.6 Å². The fourth-order valence-electron chi connectivity index (χ4n) is 1.67. The largest absolute Gasteiger partial charge is 0.508 e. The fraction of sp³-hybridized carbons (Fsp3) is 0. The zero-order valence-corrected chi connectivity index (χ0v) is 10.3. The SMILES string of the molecule is N#Cc1c(F)c(F)c(C#N)c(Nc2ccc(O)cc2)c1F. The maximum Gasteiger partial charge on any atom is 0.181 e. The smallest absolute Gasteiger partial charge is 0.181 e. The summed E-state index contributed by atoms with van der Waals surface area (Å²) in [4.78, 5) is 0. The lowest BCUT2D eigenvalue weighted by Gasteiger charge is -2.12. The molecule has 0 aliphatic carbocycles. The highest BCUT2D eigenvalue weighted by Crippen LogP contribution is 2.31. The number of phenols is 1. The first kappa shape index (κ1) is 14.2. The molecule has 0 amide bonds. The van der Waals surface area contributed by atoms with Crippen molar-refractivity contribution in [1.29, 1.82) is 10.5 Å². The van der Waals surface area contributed by atoms with Gasteiger partial charge in [0.2, 0.25) is 0 Å². The van der Waals surface area contributed by atoms with Crippen LogP contribution < -0.4 is 5.32 Å². The van der Waals surface area contributed by atoms with Gasteiger partial charge in [-0.05, 0) is 24.3 Å². The Labute approximate surface area is 117 Å². The Morgan fingerprint density at radius 2 is 1.38 bits per heavy atom. The number of hydrogen-bond donors (Lipinski definition) is 2. The molecule has 0 atom stereocenters. The van der Waals surface area contributed by atoms with Crippen LogP contribution in [0.15, 0.2) is 24.3 Å². The maximum absolute atomic E-state index is 14.0. The van der Waals surface area contributed by atoms with E-state index in [1.54, 1.807) is 0 Å². The molecule has 2 rings (SSSR count). The van der Waals surface area contributed by atoms with E-state index in [1.807, 2.05) is 0 Å². The second-order valence-electron chi connectivity index (χ2n) is 3.96. The van der Waals surface area contributed by atoms with Crippen molar-refractivity contribution in [3.8, 4) is 17.9 Å². The lowest BCUT2D eigenvalue weighted by Crippen LogP contribution is -2.06. The van der Waals surface area contributed by atoms with E-state index in [9.17, 15) is 13.2 Å². The third kappa shape index (κ3) is 2.45. The van der Waals surface area contributed by atoms with E-state index in [0.717, 1.165) is 0 Å². The number of nitriles is 2. The van der Waals surface area contributed by atoms with Crippen LogP contribution in [0.3, 0.4) is 0 Å². The van der Waals surface area contributed by atoms with Gasteiger partial charge in [-0.3, -0.25) is 0 Å². The van der Waals surface area contributed by atoms with E-state index in [2.05, 4.69) is 5.32 Å². The lowest BCUT2D eigenvalue weighted by atomic mass is 10.1. The summed E-state index contributed by atoms with van der Waals surface area (Å²) in [6.45, 7) is 0. The minimum absolute atomic E-state index is 0.0514. The number of benzene rings is 2. The fourth-order valence-corrected chi connectivity index (χ4v) is 1.67. The van der Waals surface area contributed by atoms with Crippen LogP contribution in [0.2, 0.25) is 0 Å². The van der Waals surface area contributed by atoms with E-state index in [0.29, 0.717) is 0 Å². The molecule has 7 heteroatoms. The maximum atomic E-state index is 14.0. The Morgan fingerprint density at radius 3 is 1.90 bits per heavy atom. The number of nitrogens with one attached hydrogen (secondary N) is 1. The molecule has 4 nitrogen and oxygen atoms in total.